The fourth-order valence-corrected chi connectivity index (χ4v) is 1.92. The summed E-state index contributed by atoms with van der Waals surface area (Å²) >= 11 is 0. The number of hydrogen-bond donors (Lipinski definition) is 1. The van der Waals surface area contributed by atoms with Crippen molar-refractivity contribution in [3.05, 3.63) is 64.5 Å². The molecule has 2 nitrogen and oxygen atoms in total. The van der Waals surface area contributed by atoms with Gasteiger partial charge in [0.25, 0.3) is 0 Å². The van der Waals surface area contributed by atoms with Crippen LogP contribution in [-0.4, -0.2) is 4.98 Å². The van der Waals surface area contributed by atoms with E-state index in [0.717, 1.165) is 5.56 Å². The third-order valence-electron chi connectivity index (χ3n) is 2.98. The molecule has 2 rings (SSSR count). The van der Waals surface area contributed by atoms with Crippen molar-refractivity contribution in [3.63, 3.8) is 0 Å². The van der Waals surface area contributed by atoms with Crippen LogP contribution < -0.4 is 5.73 Å². The molecule has 94 valence electrons. The molecule has 0 spiro atoms. The Bertz CT molecular complexity index is 582. The van der Waals surface area contributed by atoms with Crippen LogP contribution in [0.5, 0.6) is 0 Å². The molecule has 1 aromatic carbocycles. The first-order chi connectivity index (χ1) is 8.52. The molecule has 0 aliphatic carbocycles. The molecule has 0 aliphatic rings. The lowest BCUT2D eigenvalue weighted by molar-refractivity contribution is 0.535. The smallest absolute Gasteiger partial charge is 0.134 e. The number of nitrogens with two attached hydrogens (primary N) is 1. The Kier molecular flexibility index (Phi) is 3.39. The normalized spacial score (nSPS) is 12.5. The van der Waals surface area contributed by atoms with Crippen LogP contribution in [0.1, 0.15) is 28.4 Å². The first-order valence-corrected chi connectivity index (χ1v) is 5.64. The zero-order valence-electron chi connectivity index (χ0n) is 10.2. The minimum atomic E-state index is -0.897. The van der Waals surface area contributed by atoms with Crippen molar-refractivity contribution in [2.45, 2.75) is 19.9 Å². The summed E-state index contributed by atoms with van der Waals surface area (Å²) in [6, 6.07) is 5.30. The Morgan fingerprint density at radius 2 is 1.83 bits per heavy atom. The van der Waals surface area contributed by atoms with E-state index in [4.69, 9.17) is 5.73 Å². The van der Waals surface area contributed by atoms with E-state index in [2.05, 4.69) is 4.98 Å². The number of hydrogen-bond acceptors (Lipinski definition) is 2. The van der Waals surface area contributed by atoms with Gasteiger partial charge in [0.2, 0.25) is 0 Å². The van der Waals surface area contributed by atoms with Crippen LogP contribution in [0.3, 0.4) is 0 Å². The van der Waals surface area contributed by atoms with Crippen molar-refractivity contribution in [1.82, 2.24) is 4.98 Å². The zero-order valence-corrected chi connectivity index (χ0v) is 10.2. The molecule has 0 fully saturated rings. The molecule has 0 bridgehead atoms. The Morgan fingerprint density at radius 1 is 1.11 bits per heavy atom. The molecule has 1 heterocycles. The topological polar surface area (TPSA) is 38.9 Å². The maximum absolute atomic E-state index is 14.0. The van der Waals surface area contributed by atoms with E-state index in [9.17, 15) is 8.78 Å². The number of halogens is 2. The van der Waals surface area contributed by atoms with E-state index >= 15 is 0 Å². The molecule has 0 amide bonds. The second-order valence-electron chi connectivity index (χ2n) is 4.28. The summed E-state index contributed by atoms with van der Waals surface area (Å²) in [4.78, 5) is 4.11. The van der Waals surface area contributed by atoms with Gasteiger partial charge in [-0.05, 0) is 37.1 Å². The molecule has 1 aromatic heterocycles. The average Bonchev–Trinajstić information content (AvgIpc) is 2.35. The van der Waals surface area contributed by atoms with Gasteiger partial charge in [-0.25, -0.2) is 8.78 Å². The molecular weight excluding hydrogens is 234 g/mol. The highest BCUT2D eigenvalue weighted by Gasteiger charge is 2.21. The van der Waals surface area contributed by atoms with Crippen molar-refractivity contribution in [2.24, 2.45) is 5.73 Å². The van der Waals surface area contributed by atoms with Crippen LogP contribution in [0.25, 0.3) is 0 Å². The average molecular weight is 248 g/mol. The molecule has 2 N–H and O–H groups in total. The van der Waals surface area contributed by atoms with Crippen molar-refractivity contribution >= 4 is 0 Å². The van der Waals surface area contributed by atoms with Crippen LogP contribution in [0.4, 0.5) is 8.78 Å². The Labute approximate surface area is 104 Å². The number of benzene rings is 1. The molecule has 0 radical (unpaired) electrons. The number of rotatable bonds is 2. The van der Waals surface area contributed by atoms with Gasteiger partial charge >= 0.3 is 0 Å². The second-order valence-corrected chi connectivity index (χ2v) is 4.28. The summed E-state index contributed by atoms with van der Waals surface area (Å²) in [6.45, 7) is 3.39. The van der Waals surface area contributed by atoms with Gasteiger partial charge in [-0.2, -0.15) is 0 Å². The molecule has 0 aliphatic heterocycles. The highest BCUT2D eigenvalue weighted by Crippen LogP contribution is 2.27. The summed E-state index contributed by atoms with van der Waals surface area (Å²) < 4.78 is 27.7. The molecule has 1 unspecified atom stereocenters. The van der Waals surface area contributed by atoms with E-state index in [-0.39, 0.29) is 5.56 Å². The quantitative estimate of drug-likeness (QED) is 0.887. The minimum absolute atomic E-state index is 0.128. The monoisotopic (exact) mass is 248 g/mol. The highest BCUT2D eigenvalue weighted by atomic mass is 19.1. The number of aryl methyl sites for hydroxylation is 2. The molecule has 0 saturated heterocycles. The standard InChI is InChI=1S/C14H14F2N2/c1-8-5-6-10(15)11(12(8)16)13(17)14-9(2)4-3-7-18-14/h3-7,13H,17H2,1-2H3. The van der Waals surface area contributed by atoms with Crippen molar-refractivity contribution in [2.75, 3.05) is 0 Å². The van der Waals surface area contributed by atoms with E-state index < -0.39 is 17.7 Å². The molecular formula is C14H14F2N2. The van der Waals surface area contributed by atoms with Crippen molar-refractivity contribution < 1.29 is 8.78 Å². The Hall–Kier alpha value is -1.81. The predicted octanol–water partition coefficient (Wildman–Crippen LogP) is 3.02. The lowest BCUT2D eigenvalue weighted by Crippen LogP contribution is -2.18. The van der Waals surface area contributed by atoms with Crippen molar-refractivity contribution in [3.8, 4) is 0 Å². The largest absolute Gasteiger partial charge is 0.319 e. The Balaban J connectivity index is 2.56. The summed E-state index contributed by atoms with van der Waals surface area (Å²) in [5.74, 6) is -1.25. The fraction of sp³-hybridized carbons (Fsp3) is 0.214. The van der Waals surface area contributed by atoms with Crippen molar-refractivity contribution in [1.29, 1.82) is 0 Å². The number of nitrogens with zero attached hydrogens (tertiary/aromatic N) is 1. The minimum Gasteiger partial charge on any atom is -0.319 e. The second kappa shape index (κ2) is 4.82. The van der Waals surface area contributed by atoms with Gasteiger partial charge in [-0.1, -0.05) is 12.1 Å². The highest BCUT2D eigenvalue weighted by molar-refractivity contribution is 5.36. The van der Waals surface area contributed by atoms with E-state index in [1.54, 1.807) is 19.2 Å². The third kappa shape index (κ3) is 2.11. The maximum Gasteiger partial charge on any atom is 0.134 e. The molecule has 0 saturated carbocycles. The molecule has 18 heavy (non-hydrogen) atoms. The van der Waals surface area contributed by atoms with E-state index in [0.29, 0.717) is 11.3 Å². The lowest BCUT2D eigenvalue weighted by Gasteiger charge is -2.16. The van der Waals surface area contributed by atoms with Crippen LogP contribution in [-0.2, 0) is 0 Å². The first kappa shape index (κ1) is 12.6. The molecule has 4 heteroatoms. The molecule has 1 atom stereocenters. The third-order valence-corrected chi connectivity index (χ3v) is 2.98. The van der Waals surface area contributed by atoms with Gasteiger partial charge in [0.05, 0.1) is 11.7 Å². The first-order valence-electron chi connectivity index (χ1n) is 5.64. The number of pyridine rings is 1. The Morgan fingerprint density at radius 3 is 2.50 bits per heavy atom. The molecule has 2 aromatic rings. The van der Waals surface area contributed by atoms with Gasteiger partial charge < -0.3 is 5.73 Å². The van der Waals surface area contributed by atoms with Crippen LogP contribution >= 0.6 is 0 Å². The summed E-state index contributed by atoms with van der Waals surface area (Å²) in [5, 5.41) is 0. The van der Waals surface area contributed by atoms with Gasteiger partial charge in [-0.15, -0.1) is 0 Å². The summed E-state index contributed by atoms with van der Waals surface area (Å²) in [5.41, 5.74) is 7.49. The van der Waals surface area contributed by atoms with E-state index in [1.165, 1.54) is 12.1 Å². The summed E-state index contributed by atoms with van der Waals surface area (Å²) in [7, 11) is 0. The number of aromatic nitrogens is 1. The van der Waals surface area contributed by atoms with E-state index in [1.807, 2.05) is 13.0 Å². The zero-order chi connectivity index (χ0) is 13.3. The van der Waals surface area contributed by atoms with Gasteiger partial charge in [-0.3, -0.25) is 4.98 Å². The van der Waals surface area contributed by atoms with Gasteiger partial charge in [0.15, 0.2) is 0 Å². The lowest BCUT2D eigenvalue weighted by atomic mass is 9.98. The van der Waals surface area contributed by atoms with Gasteiger partial charge in [0, 0.05) is 11.8 Å². The maximum atomic E-state index is 14.0. The fourth-order valence-electron chi connectivity index (χ4n) is 1.92. The summed E-state index contributed by atoms with van der Waals surface area (Å²) in [6.07, 6.45) is 1.56. The van der Waals surface area contributed by atoms with Crippen LogP contribution in [0.2, 0.25) is 0 Å². The van der Waals surface area contributed by atoms with Gasteiger partial charge in [0.1, 0.15) is 11.6 Å². The SMILES string of the molecule is Cc1cccnc1C(N)c1c(F)ccc(C)c1F. The van der Waals surface area contributed by atoms with Crippen LogP contribution in [0.15, 0.2) is 30.5 Å². The predicted molar refractivity (Wildman–Crippen MR) is 66.1 cm³/mol. The van der Waals surface area contributed by atoms with Crippen LogP contribution in [0, 0.1) is 25.5 Å².